The minimum Gasteiger partial charge on any atom is -0.493 e. The van der Waals surface area contributed by atoms with E-state index in [2.05, 4.69) is 15.5 Å². The number of hydrogen-bond acceptors (Lipinski definition) is 6. The maximum absolute atomic E-state index is 12.7. The third-order valence-electron chi connectivity index (χ3n) is 3.63. The summed E-state index contributed by atoms with van der Waals surface area (Å²) >= 11 is 0. The van der Waals surface area contributed by atoms with Gasteiger partial charge in [-0.25, -0.2) is 4.98 Å². The van der Waals surface area contributed by atoms with Gasteiger partial charge in [0.25, 0.3) is 11.6 Å². The third-order valence-corrected chi connectivity index (χ3v) is 3.63. The lowest BCUT2D eigenvalue weighted by atomic mass is 10.1. The molecule has 1 amide bonds. The predicted octanol–water partition coefficient (Wildman–Crippen LogP) is 3.11. The molecular formula is C17H17N3O4. The quantitative estimate of drug-likeness (QED) is 0.792. The maximum Gasteiger partial charge on any atom is 0.258 e. The first-order valence-electron chi connectivity index (χ1n) is 7.30. The minimum atomic E-state index is -0.274. The van der Waals surface area contributed by atoms with Gasteiger partial charge >= 0.3 is 0 Å². The summed E-state index contributed by atoms with van der Waals surface area (Å²) in [7, 11) is 3.10. The van der Waals surface area contributed by atoms with Crippen molar-refractivity contribution in [3.8, 4) is 11.5 Å². The molecule has 0 unspecified atom stereocenters. The lowest BCUT2D eigenvalue weighted by molar-refractivity contribution is 0.102. The normalized spacial score (nSPS) is 10.7. The van der Waals surface area contributed by atoms with Crippen LogP contribution in [0.4, 0.5) is 5.69 Å². The SMILES string of the molecule is COc1ccc(NC(=O)c2cc(C)nc3onc(C)c23)cc1OC. The van der Waals surface area contributed by atoms with E-state index >= 15 is 0 Å². The number of benzene rings is 1. The van der Waals surface area contributed by atoms with Crippen molar-refractivity contribution in [1.82, 2.24) is 10.1 Å². The fraction of sp³-hybridized carbons (Fsp3) is 0.235. The van der Waals surface area contributed by atoms with E-state index in [1.165, 1.54) is 0 Å². The average molecular weight is 327 g/mol. The molecule has 0 saturated heterocycles. The van der Waals surface area contributed by atoms with Gasteiger partial charge in [-0.1, -0.05) is 5.16 Å². The Balaban J connectivity index is 1.97. The van der Waals surface area contributed by atoms with Crippen molar-refractivity contribution in [3.63, 3.8) is 0 Å². The van der Waals surface area contributed by atoms with Crippen LogP contribution in [0.5, 0.6) is 11.5 Å². The molecule has 0 aliphatic heterocycles. The van der Waals surface area contributed by atoms with E-state index in [0.717, 1.165) is 0 Å². The van der Waals surface area contributed by atoms with Crippen LogP contribution in [-0.4, -0.2) is 30.3 Å². The Hall–Kier alpha value is -3.09. The monoisotopic (exact) mass is 327 g/mol. The van der Waals surface area contributed by atoms with Crippen molar-refractivity contribution in [1.29, 1.82) is 0 Å². The molecule has 1 N–H and O–H groups in total. The molecule has 0 spiro atoms. The number of fused-ring (bicyclic) bond motifs is 1. The van der Waals surface area contributed by atoms with Gasteiger partial charge in [-0.3, -0.25) is 4.79 Å². The summed E-state index contributed by atoms with van der Waals surface area (Å²) in [6.07, 6.45) is 0. The van der Waals surface area contributed by atoms with Gasteiger partial charge in [0, 0.05) is 17.4 Å². The fourth-order valence-corrected chi connectivity index (χ4v) is 2.51. The van der Waals surface area contributed by atoms with Crippen molar-refractivity contribution in [2.45, 2.75) is 13.8 Å². The van der Waals surface area contributed by atoms with Gasteiger partial charge in [0.2, 0.25) is 0 Å². The first-order valence-corrected chi connectivity index (χ1v) is 7.30. The first kappa shape index (κ1) is 15.8. The molecule has 3 rings (SSSR count). The largest absolute Gasteiger partial charge is 0.493 e. The number of carbonyl (C=O) groups is 1. The first-order chi connectivity index (χ1) is 11.5. The van der Waals surface area contributed by atoms with Crippen molar-refractivity contribution in [2.24, 2.45) is 0 Å². The summed E-state index contributed by atoms with van der Waals surface area (Å²) < 4.78 is 15.6. The summed E-state index contributed by atoms with van der Waals surface area (Å²) in [6, 6.07) is 6.88. The van der Waals surface area contributed by atoms with Gasteiger partial charge in [-0.15, -0.1) is 0 Å². The highest BCUT2D eigenvalue weighted by atomic mass is 16.5. The Labute approximate surface area is 138 Å². The average Bonchev–Trinajstić information content (AvgIpc) is 2.94. The Morgan fingerprint density at radius 3 is 2.58 bits per heavy atom. The molecule has 0 fully saturated rings. The second kappa shape index (κ2) is 6.19. The minimum absolute atomic E-state index is 0.274. The summed E-state index contributed by atoms with van der Waals surface area (Å²) in [4.78, 5) is 17.0. The van der Waals surface area contributed by atoms with E-state index in [4.69, 9.17) is 14.0 Å². The maximum atomic E-state index is 12.7. The number of aryl methyl sites for hydroxylation is 2. The number of pyridine rings is 1. The zero-order valence-corrected chi connectivity index (χ0v) is 13.8. The Kier molecular flexibility index (Phi) is 4.07. The highest BCUT2D eigenvalue weighted by Crippen LogP contribution is 2.30. The van der Waals surface area contributed by atoms with Crippen LogP contribution in [0.15, 0.2) is 28.8 Å². The zero-order chi connectivity index (χ0) is 17.3. The van der Waals surface area contributed by atoms with Crippen molar-refractivity contribution in [3.05, 3.63) is 41.2 Å². The molecule has 2 aromatic heterocycles. The molecule has 3 aromatic rings. The van der Waals surface area contributed by atoms with Gasteiger partial charge in [0.1, 0.15) is 0 Å². The Morgan fingerprint density at radius 1 is 1.12 bits per heavy atom. The van der Waals surface area contributed by atoms with Crippen LogP contribution in [0.1, 0.15) is 21.7 Å². The van der Waals surface area contributed by atoms with E-state index in [-0.39, 0.29) is 5.91 Å². The van der Waals surface area contributed by atoms with Gasteiger partial charge in [-0.2, -0.15) is 0 Å². The summed E-state index contributed by atoms with van der Waals surface area (Å²) in [5, 5.41) is 7.34. The van der Waals surface area contributed by atoms with Crippen LogP contribution in [0.25, 0.3) is 11.1 Å². The molecule has 0 bridgehead atoms. The van der Waals surface area contributed by atoms with E-state index < -0.39 is 0 Å². The van der Waals surface area contributed by atoms with Gasteiger partial charge in [-0.05, 0) is 32.0 Å². The van der Waals surface area contributed by atoms with Crippen molar-refractivity contribution < 1.29 is 18.8 Å². The third kappa shape index (κ3) is 2.76. The van der Waals surface area contributed by atoms with Crippen LogP contribution in [-0.2, 0) is 0 Å². The number of methoxy groups -OCH3 is 2. The predicted molar refractivity (Wildman–Crippen MR) is 88.8 cm³/mol. The van der Waals surface area contributed by atoms with E-state index in [1.807, 2.05) is 0 Å². The van der Waals surface area contributed by atoms with E-state index in [1.54, 1.807) is 52.3 Å². The van der Waals surface area contributed by atoms with Crippen LogP contribution in [0, 0.1) is 13.8 Å². The van der Waals surface area contributed by atoms with Crippen LogP contribution in [0.2, 0.25) is 0 Å². The molecule has 7 nitrogen and oxygen atoms in total. The van der Waals surface area contributed by atoms with Crippen LogP contribution < -0.4 is 14.8 Å². The van der Waals surface area contributed by atoms with E-state index in [0.29, 0.717) is 45.2 Å². The molecule has 2 heterocycles. The second-order valence-electron chi connectivity index (χ2n) is 5.28. The smallest absolute Gasteiger partial charge is 0.258 e. The second-order valence-corrected chi connectivity index (χ2v) is 5.28. The number of anilines is 1. The highest BCUT2D eigenvalue weighted by Gasteiger charge is 2.18. The molecule has 0 aliphatic rings. The standard InChI is InChI=1S/C17H17N3O4/c1-9-7-12(15-10(2)20-24-17(15)18-9)16(21)19-11-5-6-13(22-3)14(8-11)23-4/h5-8H,1-4H3,(H,19,21). The molecule has 0 aliphatic carbocycles. The zero-order valence-electron chi connectivity index (χ0n) is 13.8. The molecule has 7 heteroatoms. The Morgan fingerprint density at radius 2 is 1.88 bits per heavy atom. The lowest BCUT2D eigenvalue weighted by Crippen LogP contribution is -2.13. The summed E-state index contributed by atoms with van der Waals surface area (Å²) in [5.41, 5.74) is 2.71. The number of amides is 1. The number of carbonyl (C=O) groups excluding carboxylic acids is 1. The number of aromatic nitrogens is 2. The highest BCUT2D eigenvalue weighted by molar-refractivity contribution is 6.12. The molecule has 0 radical (unpaired) electrons. The van der Waals surface area contributed by atoms with E-state index in [9.17, 15) is 4.79 Å². The molecular weight excluding hydrogens is 310 g/mol. The number of rotatable bonds is 4. The number of nitrogens with one attached hydrogen (secondary N) is 1. The molecule has 0 atom stereocenters. The molecule has 0 saturated carbocycles. The summed E-state index contributed by atoms with van der Waals surface area (Å²) in [5.74, 6) is 0.851. The van der Waals surface area contributed by atoms with Gasteiger partial charge < -0.3 is 19.3 Å². The number of nitrogens with zero attached hydrogens (tertiary/aromatic N) is 2. The molecule has 1 aromatic carbocycles. The van der Waals surface area contributed by atoms with Crippen LogP contribution >= 0.6 is 0 Å². The van der Waals surface area contributed by atoms with Crippen molar-refractivity contribution >= 4 is 22.7 Å². The topological polar surface area (TPSA) is 86.5 Å². The molecule has 124 valence electrons. The number of hydrogen-bond donors (Lipinski definition) is 1. The van der Waals surface area contributed by atoms with Crippen LogP contribution in [0.3, 0.4) is 0 Å². The van der Waals surface area contributed by atoms with Crippen molar-refractivity contribution in [2.75, 3.05) is 19.5 Å². The summed E-state index contributed by atoms with van der Waals surface area (Å²) in [6.45, 7) is 3.57. The van der Waals surface area contributed by atoms with Gasteiger partial charge in [0.05, 0.1) is 30.9 Å². The number of ether oxygens (including phenoxy) is 2. The fourth-order valence-electron chi connectivity index (χ4n) is 2.51. The van der Waals surface area contributed by atoms with Gasteiger partial charge in [0.15, 0.2) is 11.5 Å². The Bertz CT molecular complexity index is 918. The lowest BCUT2D eigenvalue weighted by Gasteiger charge is -2.11. The molecule has 24 heavy (non-hydrogen) atoms.